The maximum Gasteiger partial charge on any atom is 0.249 e. The van der Waals surface area contributed by atoms with Crippen LogP contribution in [0.1, 0.15) is 29.3 Å². The molecule has 1 saturated heterocycles. The summed E-state index contributed by atoms with van der Waals surface area (Å²) in [4.78, 5) is 45.4. The van der Waals surface area contributed by atoms with Gasteiger partial charge in [0.2, 0.25) is 24.6 Å². The molecule has 1 atom stereocenters. The zero-order valence-electron chi connectivity index (χ0n) is 19.5. The van der Waals surface area contributed by atoms with Crippen LogP contribution >= 0.6 is 0 Å². The Balaban J connectivity index is 1.18. The number of nitrogens with one attached hydrogen (secondary N) is 2. The SMILES string of the molecule is CC(=O)c1ccc(NC(=O)C2CC(=O)NC(N3CCN(Cc4ccc5c(c4)OCO5)CC3)=N2)cc1. The molecular formula is C25H27N5O5. The summed E-state index contributed by atoms with van der Waals surface area (Å²) in [7, 11) is 0. The monoisotopic (exact) mass is 477 g/mol. The summed E-state index contributed by atoms with van der Waals surface area (Å²) in [5.41, 5.74) is 2.27. The topological polar surface area (TPSA) is 113 Å². The van der Waals surface area contributed by atoms with Crippen LogP contribution in [0.5, 0.6) is 11.5 Å². The van der Waals surface area contributed by atoms with Crippen molar-refractivity contribution in [2.45, 2.75) is 25.9 Å². The number of benzene rings is 2. The molecule has 3 aliphatic rings. The van der Waals surface area contributed by atoms with Gasteiger partial charge in [0.25, 0.3) is 0 Å². The standard InChI is InChI=1S/C25H27N5O5/c1-16(31)18-3-5-19(6-4-18)26-24(33)20-13-23(32)28-25(27-20)30-10-8-29(9-11-30)14-17-2-7-21-22(12-17)35-15-34-21/h2-7,12,20H,8-11,13-15H2,1H3,(H,26,33)(H,27,28,32). The van der Waals surface area contributed by atoms with E-state index in [1.54, 1.807) is 24.3 Å². The van der Waals surface area contributed by atoms with Crippen molar-refractivity contribution in [2.24, 2.45) is 4.99 Å². The number of fused-ring (bicyclic) bond motifs is 1. The second-order valence-corrected chi connectivity index (χ2v) is 8.79. The fourth-order valence-corrected chi connectivity index (χ4v) is 4.32. The molecular weight excluding hydrogens is 450 g/mol. The molecule has 2 amide bonds. The Morgan fingerprint density at radius 2 is 1.80 bits per heavy atom. The molecule has 3 heterocycles. The molecule has 2 aromatic carbocycles. The van der Waals surface area contributed by atoms with Crippen LogP contribution < -0.4 is 20.1 Å². The third-order valence-electron chi connectivity index (χ3n) is 6.28. The number of rotatable bonds is 5. The molecule has 0 bridgehead atoms. The van der Waals surface area contributed by atoms with E-state index in [-0.39, 0.29) is 30.8 Å². The van der Waals surface area contributed by atoms with Gasteiger partial charge in [-0.1, -0.05) is 6.07 Å². The summed E-state index contributed by atoms with van der Waals surface area (Å²) in [6.45, 7) is 5.50. The normalized spacial score (nSPS) is 19.7. The van der Waals surface area contributed by atoms with Gasteiger partial charge < -0.3 is 19.7 Å². The van der Waals surface area contributed by atoms with Gasteiger partial charge in [-0.15, -0.1) is 0 Å². The van der Waals surface area contributed by atoms with Crippen LogP contribution in [0.25, 0.3) is 0 Å². The fraction of sp³-hybridized carbons (Fsp3) is 0.360. The quantitative estimate of drug-likeness (QED) is 0.630. The lowest BCUT2D eigenvalue weighted by molar-refractivity contribution is -0.125. The summed E-state index contributed by atoms with van der Waals surface area (Å²) in [5.74, 6) is 1.36. The summed E-state index contributed by atoms with van der Waals surface area (Å²) < 4.78 is 10.8. The molecule has 0 spiro atoms. The molecule has 0 saturated carbocycles. The van der Waals surface area contributed by atoms with Gasteiger partial charge in [-0.25, -0.2) is 4.99 Å². The van der Waals surface area contributed by atoms with E-state index in [4.69, 9.17) is 9.47 Å². The molecule has 10 nitrogen and oxygen atoms in total. The molecule has 0 aromatic heterocycles. The Labute approximate surface area is 202 Å². The van der Waals surface area contributed by atoms with E-state index in [0.717, 1.165) is 36.7 Å². The number of anilines is 1. The molecule has 5 rings (SSSR count). The average Bonchev–Trinajstić information content (AvgIpc) is 3.32. The predicted octanol–water partition coefficient (Wildman–Crippen LogP) is 1.62. The van der Waals surface area contributed by atoms with Crippen LogP contribution in [0.15, 0.2) is 47.5 Å². The van der Waals surface area contributed by atoms with Gasteiger partial charge in [0, 0.05) is 44.0 Å². The molecule has 10 heteroatoms. The van der Waals surface area contributed by atoms with E-state index < -0.39 is 6.04 Å². The number of nitrogens with zero attached hydrogens (tertiary/aromatic N) is 3. The van der Waals surface area contributed by atoms with Gasteiger partial charge in [0.05, 0.1) is 6.42 Å². The number of Topliss-reactive ketones (excluding diaryl/α,β-unsaturated/α-hetero) is 1. The highest BCUT2D eigenvalue weighted by molar-refractivity contribution is 6.06. The maximum absolute atomic E-state index is 12.8. The van der Waals surface area contributed by atoms with Crippen molar-refractivity contribution in [3.8, 4) is 11.5 Å². The number of ether oxygens (including phenoxy) is 2. The van der Waals surface area contributed by atoms with E-state index >= 15 is 0 Å². The maximum atomic E-state index is 12.8. The number of ketones is 1. The largest absolute Gasteiger partial charge is 0.454 e. The molecule has 2 aromatic rings. The second kappa shape index (κ2) is 9.75. The Bertz CT molecular complexity index is 1170. The Morgan fingerprint density at radius 1 is 1.06 bits per heavy atom. The third kappa shape index (κ3) is 5.27. The smallest absolute Gasteiger partial charge is 0.249 e. The van der Waals surface area contributed by atoms with E-state index in [9.17, 15) is 14.4 Å². The minimum atomic E-state index is -0.808. The highest BCUT2D eigenvalue weighted by Gasteiger charge is 2.30. The van der Waals surface area contributed by atoms with Crippen molar-refractivity contribution in [3.05, 3.63) is 53.6 Å². The van der Waals surface area contributed by atoms with Gasteiger partial charge >= 0.3 is 0 Å². The predicted molar refractivity (Wildman–Crippen MR) is 128 cm³/mol. The van der Waals surface area contributed by atoms with Crippen LogP contribution in [0.2, 0.25) is 0 Å². The first-order valence-electron chi connectivity index (χ1n) is 11.6. The molecule has 3 aliphatic heterocycles. The van der Waals surface area contributed by atoms with Crippen LogP contribution in [-0.2, 0) is 16.1 Å². The fourth-order valence-electron chi connectivity index (χ4n) is 4.32. The molecule has 1 fully saturated rings. The number of hydrogen-bond donors (Lipinski definition) is 2. The number of piperazine rings is 1. The highest BCUT2D eigenvalue weighted by atomic mass is 16.7. The average molecular weight is 478 g/mol. The molecule has 0 radical (unpaired) electrons. The lowest BCUT2D eigenvalue weighted by Crippen LogP contribution is -2.56. The molecule has 1 unspecified atom stereocenters. The van der Waals surface area contributed by atoms with Crippen molar-refractivity contribution < 1.29 is 23.9 Å². The summed E-state index contributed by atoms with van der Waals surface area (Å²) in [6, 6.07) is 11.8. The van der Waals surface area contributed by atoms with Crippen molar-refractivity contribution in [1.29, 1.82) is 0 Å². The molecule has 2 N–H and O–H groups in total. The lowest BCUT2D eigenvalue weighted by Gasteiger charge is -2.37. The first-order valence-corrected chi connectivity index (χ1v) is 11.6. The van der Waals surface area contributed by atoms with Gasteiger partial charge in [-0.05, 0) is 48.9 Å². The lowest BCUT2D eigenvalue weighted by atomic mass is 10.1. The van der Waals surface area contributed by atoms with Gasteiger partial charge in [0.15, 0.2) is 17.3 Å². The number of carbonyl (C=O) groups is 3. The first-order chi connectivity index (χ1) is 16.9. The first kappa shape index (κ1) is 22.9. The van der Waals surface area contributed by atoms with Gasteiger partial charge in [-0.2, -0.15) is 0 Å². The van der Waals surface area contributed by atoms with Crippen molar-refractivity contribution in [2.75, 3.05) is 38.3 Å². The summed E-state index contributed by atoms with van der Waals surface area (Å²) in [6.07, 6.45) is -0.00899. The van der Waals surface area contributed by atoms with E-state index in [0.29, 0.717) is 30.3 Å². The van der Waals surface area contributed by atoms with E-state index in [2.05, 4.69) is 20.5 Å². The minimum Gasteiger partial charge on any atom is -0.454 e. The number of aliphatic imine (C=N–C) groups is 1. The van der Waals surface area contributed by atoms with Crippen LogP contribution in [0.3, 0.4) is 0 Å². The van der Waals surface area contributed by atoms with E-state index in [1.165, 1.54) is 6.92 Å². The molecule has 35 heavy (non-hydrogen) atoms. The zero-order chi connectivity index (χ0) is 24.4. The number of amides is 2. The van der Waals surface area contributed by atoms with Crippen LogP contribution in [-0.4, -0.2) is 72.4 Å². The highest BCUT2D eigenvalue weighted by Crippen LogP contribution is 2.32. The minimum absolute atomic E-state index is 0.00899. The van der Waals surface area contributed by atoms with Crippen LogP contribution in [0, 0.1) is 0 Å². The van der Waals surface area contributed by atoms with Crippen molar-refractivity contribution in [1.82, 2.24) is 15.1 Å². The number of guanidine groups is 1. The summed E-state index contributed by atoms with van der Waals surface area (Å²) >= 11 is 0. The molecule has 0 aliphatic carbocycles. The second-order valence-electron chi connectivity index (χ2n) is 8.79. The van der Waals surface area contributed by atoms with Crippen LogP contribution in [0.4, 0.5) is 5.69 Å². The Kier molecular flexibility index (Phi) is 6.37. The number of hydrogen-bond acceptors (Lipinski definition) is 8. The Hall–Kier alpha value is -3.92. The van der Waals surface area contributed by atoms with Crippen molar-refractivity contribution in [3.63, 3.8) is 0 Å². The van der Waals surface area contributed by atoms with Gasteiger partial charge in [-0.3, -0.25) is 24.6 Å². The summed E-state index contributed by atoms with van der Waals surface area (Å²) in [5, 5.41) is 5.61. The van der Waals surface area contributed by atoms with Crippen molar-refractivity contribution >= 4 is 29.2 Å². The number of carbonyl (C=O) groups excluding carboxylic acids is 3. The zero-order valence-corrected chi connectivity index (χ0v) is 19.5. The third-order valence-corrected chi connectivity index (χ3v) is 6.28. The Morgan fingerprint density at radius 3 is 2.54 bits per heavy atom. The molecule has 182 valence electrons. The van der Waals surface area contributed by atoms with E-state index in [1.807, 2.05) is 23.1 Å². The van der Waals surface area contributed by atoms with Gasteiger partial charge in [0.1, 0.15) is 6.04 Å².